The predicted molar refractivity (Wildman–Crippen MR) is 72.8 cm³/mol. The second-order valence-electron chi connectivity index (χ2n) is 7.80. The SMILES string of the molecule is CC1(C)CC(O)(C2(CN)CC3CCC2O3)C(C)(C)O1. The van der Waals surface area contributed by atoms with Crippen LogP contribution in [0.2, 0.25) is 0 Å². The number of hydrogen-bond acceptors (Lipinski definition) is 4. The number of ether oxygens (including phenoxy) is 2. The molecule has 3 aliphatic heterocycles. The van der Waals surface area contributed by atoms with Gasteiger partial charge in [0.25, 0.3) is 0 Å². The Morgan fingerprint density at radius 1 is 1.21 bits per heavy atom. The van der Waals surface area contributed by atoms with Gasteiger partial charge in [-0.1, -0.05) is 0 Å². The fourth-order valence-electron chi connectivity index (χ4n) is 5.03. The standard InChI is InChI=1S/C15H27NO3/c1-12(2)8-15(17,13(3,4)19-12)14(9-16)7-10-5-6-11(14)18-10/h10-11,17H,5-9,16H2,1-4H3. The molecule has 3 N–H and O–H groups in total. The lowest BCUT2D eigenvalue weighted by molar-refractivity contribution is -0.190. The summed E-state index contributed by atoms with van der Waals surface area (Å²) in [6.45, 7) is 8.54. The van der Waals surface area contributed by atoms with E-state index in [1.807, 2.05) is 27.7 Å². The maximum absolute atomic E-state index is 11.5. The van der Waals surface area contributed by atoms with Gasteiger partial charge in [0.2, 0.25) is 0 Å². The van der Waals surface area contributed by atoms with Crippen molar-refractivity contribution in [2.24, 2.45) is 11.1 Å². The van der Waals surface area contributed by atoms with E-state index in [4.69, 9.17) is 15.2 Å². The predicted octanol–water partition coefficient (Wildman–Crippen LogP) is 1.59. The van der Waals surface area contributed by atoms with Crippen LogP contribution in [0.4, 0.5) is 0 Å². The summed E-state index contributed by atoms with van der Waals surface area (Å²) in [7, 11) is 0. The minimum Gasteiger partial charge on any atom is -0.386 e. The Balaban J connectivity index is 2.04. The molecule has 4 atom stereocenters. The second-order valence-corrected chi connectivity index (χ2v) is 7.80. The van der Waals surface area contributed by atoms with E-state index in [0.29, 0.717) is 13.0 Å². The first kappa shape index (κ1) is 13.8. The maximum Gasteiger partial charge on any atom is 0.105 e. The van der Waals surface area contributed by atoms with E-state index in [-0.39, 0.29) is 23.2 Å². The maximum atomic E-state index is 11.5. The van der Waals surface area contributed by atoms with E-state index in [2.05, 4.69) is 0 Å². The molecule has 19 heavy (non-hydrogen) atoms. The minimum absolute atomic E-state index is 0.0873. The summed E-state index contributed by atoms with van der Waals surface area (Å²) < 4.78 is 12.2. The Morgan fingerprint density at radius 2 is 1.89 bits per heavy atom. The van der Waals surface area contributed by atoms with Gasteiger partial charge in [-0.2, -0.15) is 0 Å². The van der Waals surface area contributed by atoms with Crippen LogP contribution in [0.15, 0.2) is 0 Å². The molecule has 0 saturated carbocycles. The average Bonchev–Trinajstić information content (AvgIpc) is 2.89. The fraction of sp³-hybridized carbons (Fsp3) is 1.00. The molecule has 4 heteroatoms. The van der Waals surface area contributed by atoms with Crippen molar-refractivity contribution >= 4 is 0 Å². The van der Waals surface area contributed by atoms with E-state index in [9.17, 15) is 5.11 Å². The van der Waals surface area contributed by atoms with Gasteiger partial charge < -0.3 is 20.3 Å². The molecule has 3 saturated heterocycles. The van der Waals surface area contributed by atoms with Crippen LogP contribution >= 0.6 is 0 Å². The van der Waals surface area contributed by atoms with E-state index in [1.54, 1.807) is 0 Å². The molecule has 0 radical (unpaired) electrons. The molecular weight excluding hydrogens is 242 g/mol. The number of aliphatic hydroxyl groups is 1. The summed E-state index contributed by atoms with van der Waals surface area (Å²) in [6.07, 6.45) is 3.97. The Hall–Kier alpha value is -0.160. The van der Waals surface area contributed by atoms with Crippen molar-refractivity contribution in [1.29, 1.82) is 0 Å². The first-order chi connectivity index (χ1) is 8.66. The normalized spacial score (nSPS) is 50.8. The van der Waals surface area contributed by atoms with Gasteiger partial charge in [0, 0.05) is 18.4 Å². The summed E-state index contributed by atoms with van der Waals surface area (Å²) in [6, 6.07) is 0. The highest BCUT2D eigenvalue weighted by atomic mass is 16.6. The first-order valence-electron chi connectivity index (χ1n) is 7.44. The molecule has 0 aromatic carbocycles. The van der Waals surface area contributed by atoms with Crippen LogP contribution in [0.3, 0.4) is 0 Å². The topological polar surface area (TPSA) is 64.7 Å². The lowest BCUT2D eigenvalue weighted by Gasteiger charge is -2.51. The van der Waals surface area contributed by atoms with Gasteiger partial charge in [-0.05, 0) is 47.0 Å². The molecule has 3 heterocycles. The molecule has 3 rings (SSSR count). The van der Waals surface area contributed by atoms with E-state index in [1.165, 1.54) is 0 Å². The zero-order valence-electron chi connectivity index (χ0n) is 12.5. The summed E-state index contributed by atoms with van der Waals surface area (Å²) >= 11 is 0. The minimum atomic E-state index is -0.919. The largest absolute Gasteiger partial charge is 0.386 e. The fourth-order valence-corrected chi connectivity index (χ4v) is 5.03. The highest BCUT2D eigenvalue weighted by Gasteiger charge is 2.71. The van der Waals surface area contributed by atoms with Gasteiger partial charge in [0.15, 0.2) is 0 Å². The summed E-state index contributed by atoms with van der Waals surface area (Å²) in [5.74, 6) is 0. The third-order valence-electron chi connectivity index (χ3n) is 5.71. The van der Waals surface area contributed by atoms with Crippen LogP contribution in [0.25, 0.3) is 0 Å². The van der Waals surface area contributed by atoms with Gasteiger partial charge in [0.1, 0.15) is 5.60 Å². The van der Waals surface area contributed by atoms with Crippen LogP contribution < -0.4 is 5.73 Å². The van der Waals surface area contributed by atoms with Crippen molar-refractivity contribution in [3.05, 3.63) is 0 Å². The van der Waals surface area contributed by atoms with Gasteiger partial charge in [-0.3, -0.25) is 0 Å². The highest BCUT2D eigenvalue weighted by Crippen LogP contribution is 2.61. The van der Waals surface area contributed by atoms with Gasteiger partial charge in [-0.15, -0.1) is 0 Å². The first-order valence-corrected chi connectivity index (χ1v) is 7.44. The molecule has 2 bridgehead atoms. The van der Waals surface area contributed by atoms with E-state index < -0.39 is 11.2 Å². The number of hydrogen-bond donors (Lipinski definition) is 2. The third-order valence-corrected chi connectivity index (χ3v) is 5.71. The van der Waals surface area contributed by atoms with Gasteiger partial charge in [0.05, 0.1) is 23.4 Å². The van der Waals surface area contributed by atoms with Gasteiger partial charge in [-0.25, -0.2) is 0 Å². The van der Waals surface area contributed by atoms with Gasteiger partial charge >= 0.3 is 0 Å². The van der Waals surface area contributed by atoms with Crippen LogP contribution in [-0.2, 0) is 9.47 Å². The van der Waals surface area contributed by atoms with Crippen molar-refractivity contribution < 1.29 is 14.6 Å². The van der Waals surface area contributed by atoms with Crippen molar-refractivity contribution in [1.82, 2.24) is 0 Å². The molecule has 0 aromatic heterocycles. The summed E-state index contributed by atoms with van der Waals surface area (Å²) in [5.41, 5.74) is 3.95. The highest BCUT2D eigenvalue weighted by molar-refractivity contribution is 5.21. The van der Waals surface area contributed by atoms with E-state index >= 15 is 0 Å². The molecule has 0 aromatic rings. The lowest BCUT2D eigenvalue weighted by atomic mass is 9.57. The molecule has 4 nitrogen and oxygen atoms in total. The van der Waals surface area contributed by atoms with Crippen LogP contribution in [0.1, 0.15) is 53.4 Å². The molecule has 4 unspecified atom stereocenters. The Kier molecular flexibility index (Phi) is 2.71. The van der Waals surface area contributed by atoms with Crippen LogP contribution in [0.5, 0.6) is 0 Å². The van der Waals surface area contributed by atoms with Crippen molar-refractivity contribution in [2.75, 3.05) is 6.54 Å². The smallest absolute Gasteiger partial charge is 0.105 e. The summed E-state index contributed by atoms with van der Waals surface area (Å²) in [4.78, 5) is 0. The number of fused-ring (bicyclic) bond motifs is 2. The zero-order chi connectivity index (χ0) is 14.1. The Morgan fingerprint density at radius 3 is 2.26 bits per heavy atom. The van der Waals surface area contributed by atoms with E-state index in [0.717, 1.165) is 19.3 Å². The second kappa shape index (κ2) is 3.73. The molecule has 0 spiro atoms. The zero-order valence-corrected chi connectivity index (χ0v) is 12.5. The third kappa shape index (κ3) is 1.60. The van der Waals surface area contributed by atoms with Crippen LogP contribution in [-0.4, -0.2) is 40.7 Å². The molecule has 3 fully saturated rings. The number of nitrogens with two attached hydrogens (primary N) is 1. The molecular formula is C15H27NO3. The molecule has 0 amide bonds. The quantitative estimate of drug-likeness (QED) is 0.799. The Bertz CT molecular complexity index is 395. The molecule has 3 aliphatic rings. The van der Waals surface area contributed by atoms with Crippen LogP contribution in [0, 0.1) is 5.41 Å². The number of rotatable bonds is 2. The molecule has 110 valence electrons. The average molecular weight is 269 g/mol. The Labute approximate surface area is 115 Å². The summed E-state index contributed by atoms with van der Waals surface area (Å²) in [5, 5.41) is 11.5. The van der Waals surface area contributed by atoms with Crippen molar-refractivity contribution in [3.63, 3.8) is 0 Å². The van der Waals surface area contributed by atoms with Crippen molar-refractivity contribution in [3.8, 4) is 0 Å². The molecule has 0 aliphatic carbocycles. The monoisotopic (exact) mass is 269 g/mol. The van der Waals surface area contributed by atoms with Crippen molar-refractivity contribution in [2.45, 2.75) is 82.4 Å². The lowest BCUT2D eigenvalue weighted by Crippen LogP contribution is -2.65.